The van der Waals surface area contributed by atoms with Gasteiger partial charge in [-0.1, -0.05) is 17.3 Å². The van der Waals surface area contributed by atoms with Crippen LogP contribution in [0.2, 0.25) is 0 Å². The van der Waals surface area contributed by atoms with Crippen molar-refractivity contribution in [2.75, 3.05) is 25.7 Å². The average Bonchev–Trinajstić information content (AvgIpc) is 3.65. The number of imide groups is 1. The number of ether oxygens (including phenoxy) is 2. The van der Waals surface area contributed by atoms with Crippen molar-refractivity contribution in [2.24, 2.45) is 40.7 Å². The van der Waals surface area contributed by atoms with Crippen molar-refractivity contribution >= 4 is 23.2 Å². The van der Waals surface area contributed by atoms with E-state index in [2.05, 4.69) is 17.3 Å². The Morgan fingerprint density at radius 2 is 1.47 bits per heavy atom. The maximum atomic E-state index is 13.3. The third-order valence-electron chi connectivity index (χ3n) is 7.76. The minimum absolute atomic E-state index is 0.0533. The van der Waals surface area contributed by atoms with Crippen molar-refractivity contribution in [1.29, 1.82) is 0 Å². The van der Waals surface area contributed by atoms with Gasteiger partial charge >= 0.3 is 0 Å². The zero-order valence-electron chi connectivity index (χ0n) is 19.1. The van der Waals surface area contributed by atoms with Gasteiger partial charge in [0.15, 0.2) is 0 Å². The highest BCUT2D eigenvalue weighted by atomic mass is 16.6. The normalized spacial score (nSPS) is 30.8. The minimum Gasteiger partial charge on any atom is -0.497 e. The third-order valence-corrected chi connectivity index (χ3v) is 7.76. The number of methoxy groups -OCH3 is 1. The number of rotatable bonds is 7. The number of benzene rings is 2. The lowest BCUT2D eigenvalue weighted by Gasteiger charge is -2.37. The predicted molar refractivity (Wildman–Crippen MR) is 126 cm³/mol. The summed E-state index contributed by atoms with van der Waals surface area (Å²) in [6.07, 6.45) is 5.54. The molecular formula is C27H26N2O5. The van der Waals surface area contributed by atoms with Crippen molar-refractivity contribution < 1.29 is 23.9 Å². The minimum atomic E-state index is -0.195. The van der Waals surface area contributed by atoms with Crippen molar-refractivity contribution in [1.82, 2.24) is 0 Å². The van der Waals surface area contributed by atoms with Gasteiger partial charge in [0.25, 0.3) is 0 Å². The van der Waals surface area contributed by atoms with Gasteiger partial charge in [0.2, 0.25) is 11.8 Å². The molecule has 2 amide bonds. The van der Waals surface area contributed by atoms with E-state index in [-0.39, 0.29) is 42.1 Å². The Kier molecular flexibility index (Phi) is 4.94. The lowest BCUT2D eigenvalue weighted by atomic mass is 9.63. The van der Waals surface area contributed by atoms with Crippen LogP contribution in [0.5, 0.6) is 11.5 Å². The summed E-state index contributed by atoms with van der Waals surface area (Å²) in [5.41, 5.74) is 2.09. The molecule has 2 aromatic rings. The molecule has 7 nitrogen and oxygen atoms in total. The summed E-state index contributed by atoms with van der Waals surface area (Å²) in [6.45, 7) is 0.197. The molecule has 0 aromatic heterocycles. The number of carbonyl (C=O) groups is 2. The van der Waals surface area contributed by atoms with Crippen molar-refractivity contribution in [3.63, 3.8) is 0 Å². The highest BCUT2D eigenvalue weighted by Gasteiger charge is 2.67. The second kappa shape index (κ2) is 8.01. The van der Waals surface area contributed by atoms with E-state index in [1.54, 1.807) is 31.4 Å². The standard InChI is InChI=1S/C27H26N2O5/c1-32-17-7-3-15(4-8-17)23(28-33-2)14-34-18-9-5-16(6-10-18)29-26(30)24-19-11-12-20(22-13-21(19)22)25(24)27(29)31/h3-12,19-22,24-25H,13-14H2,1-2H3/b28-23-/t19-,20+,21+,22-,24-,25+. The Morgan fingerprint density at radius 3 is 2.03 bits per heavy atom. The van der Waals surface area contributed by atoms with E-state index in [0.29, 0.717) is 29.0 Å². The number of nitrogens with zero attached hydrogens (tertiary/aromatic N) is 2. The molecule has 7 heteroatoms. The SMILES string of the molecule is CO/N=C(/COc1ccc(N2C(=O)[C@@H]3[C@@H]4C=C[C@@H]([C@H]5C[C@@H]45)[C@@H]3C2=O)cc1)c1ccc(OC)cc1. The van der Waals surface area contributed by atoms with Gasteiger partial charge in [-0.25, -0.2) is 0 Å². The van der Waals surface area contributed by atoms with Crippen LogP contribution < -0.4 is 14.4 Å². The number of amides is 2. The fourth-order valence-electron chi connectivity index (χ4n) is 6.11. The first-order valence-electron chi connectivity index (χ1n) is 11.6. The van der Waals surface area contributed by atoms with Crippen LogP contribution in [0.15, 0.2) is 65.8 Å². The molecule has 0 unspecified atom stereocenters. The number of hydrogen-bond donors (Lipinski definition) is 0. The quantitative estimate of drug-likeness (QED) is 0.274. The fourth-order valence-corrected chi connectivity index (χ4v) is 6.11. The first-order chi connectivity index (χ1) is 16.6. The summed E-state index contributed by atoms with van der Waals surface area (Å²) in [6, 6.07) is 14.6. The maximum Gasteiger partial charge on any atom is 0.238 e. The van der Waals surface area contributed by atoms with E-state index in [1.807, 2.05) is 24.3 Å². The highest BCUT2D eigenvalue weighted by molar-refractivity contribution is 6.22. The van der Waals surface area contributed by atoms with Gasteiger partial charge in [0.1, 0.15) is 30.9 Å². The van der Waals surface area contributed by atoms with Crippen molar-refractivity contribution in [3.05, 3.63) is 66.2 Å². The Balaban J connectivity index is 1.16. The molecule has 34 heavy (non-hydrogen) atoms. The number of carbonyl (C=O) groups excluding carboxylic acids is 2. The van der Waals surface area contributed by atoms with Gasteiger partial charge in [0, 0.05) is 5.56 Å². The monoisotopic (exact) mass is 458 g/mol. The summed E-state index contributed by atoms with van der Waals surface area (Å²) >= 11 is 0. The first kappa shape index (κ1) is 21.0. The van der Waals surface area contributed by atoms with E-state index in [1.165, 1.54) is 12.0 Å². The summed E-state index contributed by atoms with van der Waals surface area (Å²) in [4.78, 5) is 32.9. The van der Waals surface area contributed by atoms with Crippen LogP contribution in [0, 0.1) is 35.5 Å². The summed E-state index contributed by atoms with van der Waals surface area (Å²) in [7, 11) is 3.11. The molecule has 0 radical (unpaired) electrons. The van der Waals surface area contributed by atoms with E-state index in [9.17, 15) is 9.59 Å². The topological polar surface area (TPSA) is 77.4 Å². The number of anilines is 1. The molecule has 2 bridgehead atoms. The number of oxime groups is 1. The van der Waals surface area contributed by atoms with E-state index in [4.69, 9.17) is 14.3 Å². The third kappa shape index (κ3) is 3.22. The molecular weight excluding hydrogens is 432 g/mol. The summed E-state index contributed by atoms with van der Waals surface area (Å²) in [5.74, 6) is 2.50. The average molecular weight is 459 g/mol. The largest absolute Gasteiger partial charge is 0.497 e. The van der Waals surface area contributed by atoms with E-state index >= 15 is 0 Å². The van der Waals surface area contributed by atoms with Crippen LogP contribution in [-0.4, -0.2) is 38.4 Å². The molecule has 7 rings (SSSR count). The Bertz CT molecular complexity index is 1150. The molecule has 2 aromatic carbocycles. The van der Waals surface area contributed by atoms with Crippen LogP contribution in [-0.2, 0) is 14.4 Å². The van der Waals surface area contributed by atoms with Crippen LogP contribution in [0.4, 0.5) is 5.69 Å². The zero-order valence-corrected chi connectivity index (χ0v) is 19.1. The molecule has 5 aliphatic rings. The molecule has 3 fully saturated rings. The smallest absolute Gasteiger partial charge is 0.238 e. The lowest BCUT2D eigenvalue weighted by Crippen LogP contribution is -2.40. The summed E-state index contributed by atoms with van der Waals surface area (Å²) in [5, 5.41) is 4.08. The second-order valence-electron chi connectivity index (χ2n) is 9.40. The van der Waals surface area contributed by atoms with E-state index in [0.717, 1.165) is 17.7 Å². The Labute approximate surface area is 198 Å². The van der Waals surface area contributed by atoms with Crippen molar-refractivity contribution in [3.8, 4) is 11.5 Å². The van der Waals surface area contributed by atoms with Gasteiger partial charge in [-0.2, -0.15) is 0 Å². The molecule has 174 valence electrons. The van der Waals surface area contributed by atoms with E-state index < -0.39 is 0 Å². The molecule has 4 aliphatic carbocycles. The summed E-state index contributed by atoms with van der Waals surface area (Å²) < 4.78 is 11.1. The maximum absolute atomic E-state index is 13.3. The van der Waals surface area contributed by atoms with Gasteiger partial charge in [0.05, 0.1) is 24.6 Å². The second-order valence-corrected chi connectivity index (χ2v) is 9.40. The van der Waals surface area contributed by atoms with Crippen LogP contribution in [0.3, 0.4) is 0 Å². The van der Waals surface area contributed by atoms with Crippen LogP contribution in [0.1, 0.15) is 12.0 Å². The Morgan fingerprint density at radius 1 is 0.882 bits per heavy atom. The van der Waals surface area contributed by atoms with Gasteiger partial charge < -0.3 is 14.3 Å². The van der Waals surface area contributed by atoms with Crippen molar-refractivity contribution in [2.45, 2.75) is 6.42 Å². The number of hydrogen-bond acceptors (Lipinski definition) is 6. The molecule has 1 aliphatic heterocycles. The van der Waals surface area contributed by atoms with Gasteiger partial charge in [-0.15, -0.1) is 0 Å². The highest BCUT2D eigenvalue weighted by Crippen LogP contribution is 2.65. The van der Waals surface area contributed by atoms with Gasteiger partial charge in [-0.05, 0) is 78.6 Å². The molecule has 0 spiro atoms. The Hall–Kier alpha value is -3.61. The molecule has 0 N–H and O–H groups in total. The molecule has 6 atom stereocenters. The first-order valence-corrected chi connectivity index (χ1v) is 11.6. The molecule has 2 saturated carbocycles. The molecule has 1 saturated heterocycles. The van der Waals surface area contributed by atoms with Crippen LogP contribution >= 0.6 is 0 Å². The lowest BCUT2D eigenvalue weighted by molar-refractivity contribution is -0.124. The van der Waals surface area contributed by atoms with Crippen LogP contribution in [0.25, 0.3) is 0 Å². The number of allylic oxidation sites excluding steroid dienone is 2. The predicted octanol–water partition coefficient (Wildman–Crippen LogP) is 3.68. The zero-order chi connectivity index (χ0) is 23.4. The molecule has 1 heterocycles. The fraction of sp³-hybridized carbons (Fsp3) is 0.370. The van der Waals surface area contributed by atoms with Gasteiger partial charge in [-0.3, -0.25) is 14.5 Å².